The Kier molecular flexibility index (Phi) is 4.90. The van der Waals surface area contributed by atoms with Crippen molar-refractivity contribution in [2.75, 3.05) is 13.7 Å². The van der Waals surface area contributed by atoms with Gasteiger partial charge in [-0.2, -0.15) is 0 Å². The molecule has 1 fully saturated rings. The molecule has 118 valence electrons. The van der Waals surface area contributed by atoms with Crippen LogP contribution in [0.4, 0.5) is 0 Å². The highest BCUT2D eigenvalue weighted by Crippen LogP contribution is 2.31. The molecular weight excluding hydrogens is 316 g/mol. The summed E-state index contributed by atoms with van der Waals surface area (Å²) < 4.78 is 0. The maximum atomic E-state index is 12.6. The lowest BCUT2D eigenvalue weighted by Gasteiger charge is -2.33. The third-order valence-electron chi connectivity index (χ3n) is 4.39. The molecule has 1 aliphatic rings. The summed E-state index contributed by atoms with van der Waals surface area (Å²) in [7, 11) is 1.89. The van der Waals surface area contributed by atoms with Crippen LogP contribution in [0.1, 0.15) is 35.4 Å². The Labute approximate surface area is 138 Å². The van der Waals surface area contributed by atoms with Gasteiger partial charge in [-0.25, -0.2) is 4.98 Å². The van der Waals surface area contributed by atoms with E-state index in [1.807, 2.05) is 29.5 Å². The Bertz CT molecular complexity index is 616. The Morgan fingerprint density at radius 1 is 1.41 bits per heavy atom. The maximum Gasteiger partial charge on any atom is 0.265 e. The van der Waals surface area contributed by atoms with Gasteiger partial charge in [0.25, 0.3) is 5.91 Å². The second-order valence-electron chi connectivity index (χ2n) is 5.78. The second kappa shape index (κ2) is 6.89. The van der Waals surface area contributed by atoms with Crippen LogP contribution in [-0.2, 0) is 0 Å². The molecule has 0 aliphatic heterocycles. The summed E-state index contributed by atoms with van der Waals surface area (Å²) in [6.07, 6.45) is 5.65. The van der Waals surface area contributed by atoms with Gasteiger partial charge in [0.05, 0.1) is 11.1 Å². The highest BCUT2D eigenvalue weighted by atomic mass is 32.1. The van der Waals surface area contributed by atoms with Crippen molar-refractivity contribution in [2.45, 2.75) is 31.7 Å². The summed E-state index contributed by atoms with van der Waals surface area (Å²) in [6, 6.07) is 4.30. The van der Waals surface area contributed by atoms with Gasteiger partial charge in [-0.3, -0.25) is 4.79 Å². The largest absolute Gasteiger partial charge is 0.396 e. The van der Waals surface area contributed by atoms with Gasteiger partial charge < -0.3 is 10.0 Å². The molecule has 6 heteroatoms. The second-order valence-corrected chi connectivity index (χ2v) is 7.76. The highest BCUT2D eigenvalue weighted by molar-refractivity contribution is 7.21. The van der Waals surface area contributed by atoms with E-state index in [-0.39, 0.29) is 18.6 Å². The number of aliphatic hydroxyl groups excluding tert-OH is 1. The smallest absolute Gasteiger partial charge is 0.265 e. The van der Waals surface area contributed by atoms with Crippen molar-refractivity contribution >= 4 is 28.6 Å². The third kappa shape index (κ3) is 3.24. The predicted octanol–water partition coefficient (Wildman–Crippen LogP) is 3.49. The van der Waals surface area contributed by atoms with E-state index in [0.717, 1.165) is 35.6 Å². The monoisotopic (exact) mass is 336 g/mol. The van der Waals surface area contributed by atoms with Crippen molar-refractivity contribution in [1.82, 2.24) is 9.88 Å². The number of aliphatic hydroxyl groups is 1. The number of thiazole rings is 1. The minimum Gasteiger partial charge on any atom is -0.396 e. The first kappa shape index (κ1) is 15.6. The zero-order valence-corrected chi connectivity index (χ0v) is 14.2. The third-order valence-corrected chi connectivity index (χ3v) is 6.42. The van der Waals surface area contributed by atoms with Crippen molar-refractivity contribution in [3.63, 3.8) is 0 Å². The maximum absolute atomic E-state index is 12.6. The molecule has 22 heavy (non-hydrogen) atoms. The molecule has 1 saturated carbocycles. The van der Waals surface area contributed by atoms with E-state index < -0.39 is 0 Å². The number of hydrogen-bond acceptors (Lipinski definition) is 5. The van der Waals surface area contributed by atoms with Crippen LogP contribution in [0, 0.1) is 5.92 Å². The average molecular weight is 336 g/mol. The highest BCUT2D eigenvalue weighted by Gasteiger charge is 2.27. The van der Waals surface area contributed by atoms with Crippen LogP contribution >= 0.6 is 22.7 Å². The molecule has 2 aromatic rings. The fourth-order valence-electron chi connectivity index (χ4n) is 2.94. The summed E-state index contributed by atoms with van der Waals surface area (Å²) in [5, 5.41) is 12.1. The van der Waals surface area contributed by atoms with Gasteiger partial charge in [0.2, 0.25) is 0 Å². The Morgan fingerprint density at radius 3 is 2.82 bits per heavy atom. The molecule has 1 amide bonds. The lowest BCUT2D eigenvalue weighted by atomic mass is 9.86. The van der Waals surface area contributed by atoms with Crippen LogP contribution < -0.4 is 0 Å². The number of carbonyl (C=O) groups is 1. The Balaban J connectivity index is 1.66. The van der Waals surface area contributed by atoms with E-state index in [4.69, 9.17) is 0 Å². The van der Waals surface area contributed by atoms with E-state index in [2.05, 4.69) is 4.98 Å². The van der Waals surface area contributed by atoms with Gasteiger partial charge in [0, 0.05) is 19.7 Å². The normalized spacial score (nSPS) is 21.7. The zero-order valence-electron chi connectivity index (χ0n) is 12.6. The van der Waals surface area contributed by atoms with Crippen LogP contribution in [0.2, 0.25) is 0 Å². The van der Waals surface area contributed by atoms with Crippen molar-refractivity contribution in [2.24, 2.45) is 5.92 Å². The predicted molar refractivity (Wildman–Crippen MR) is 90.4 cm³/mol. The molecule has 2 aromatic heterocycles. The molecule has 1 N–H and O–H groups in total. The molecule has 0 spiro atoms. The van der Waals surface area contributed by atoms with Crippen LogP contribution in [0.5, 0.6) is 0 Å². The summed E-state index contributed by atoms with van der Waals surface area (Å²) in [4.78, 5) is 20.7. The molecule has 0 aromatic carbocycles. The van der Waals surface area contributed by atoms with Crippen LogP contribution in [0.15, 0.2) is 23.7 Å². The lowest BCUT2D eigenvalue weighted by molar-refractivity contribution is 0.0657. The molecule has 3 rings (SSSR count). The average Bonchev–Trinajstić information content (AvgIpc) is 3.24. The van der Waals surface area contributed by atoms with E-state index in [0.29, 0.717) is 10.8 Å². The molecule has 0 unspecified atom stereocenters. The van der Waals surface area contributed by atoms with E-state index >= 15 is 0 Å². The molecule has 0 saturated heterocycles. The number of amides is 1. The van der Waals surface area contributed by atoms with Crippen LogP contribution in [-0.4, -0.2) is 40.6 Å². The summed E-state index contributed by atoms with van der Waals surface area (Å²) in [5.41, 5.74) is 0. The van der Waals surface area contributed by atoms with E-state index in [1.54, 1.807) is 17.5 Å². The SMILES string of the molecule is CN(C(=O)c1cnc(-c2cccs2)s1)C1CCC(CO)CC1. The van der Waals surface area contributed by atoms with Crippen LogP contribution in [0.3, 0.4) is 0 Å². The topological polar surface area (TPSA) is 53.4 Å². The summed E-state index contributed by atoms with van der Waals surface area (Å²) in [5.74, 6) is 0.473. The molecular formula is C16H20N2O2S2. The Morgan fingerprint density at radius 2 is 2.18 bits per heavy atom. The Hall–Kier alpha value is -1.24. The first-order valence-electron chi connectivity index (χ1n) is 7.56. The number of nitrogens with zero attached hydrogens (tertiary/aromatic N) is 2. The number of carbonyl (C=O) groups excluding carboxylic acids is 1. The van der Waals surface area contributed by atoms with Gasteiger partial charge in [0.15, 0.2) is 0 Å². The molecule has 0 bridgehead atoms. The van der Waals surface area contributed by atoms with Gasteiger partial charge >= 0.3 is 0 Å². The number of rotatable bonds is 4. The minimum absolute atomic E-state index is 0.0627. The van der Waals surface area contributed by atoms with Crippen molar-refractivity contribution in [3.05, 3.63) is 28.6 Å². The van der Waals surface area contributed by atoms with Crippen molar-refractivity contribution in [3.8, 4) is 9.88 Å². The van der Waals surface area contributed by atoms with Crippen LogP contribution in [0.25, 0.3) is 9.88 Å². The molecule has 0 atom stereocenters. The van der Waals surface area contributed by atoms with Crippen molar-refractivity contribution < 1.29 is 9.90 Å². The van der Waals surface area contributed by atoms with Gasteiger partial charge in [-0.05, 0) is 43.0 Å². The quantitative estimate of drug-likeness (QED) is 0.930. The van der Waals surface area contributed by atoms with Gasteiger partial charge in [-0.1, -0.05) is 6.07 Å². The summed E-state index contributed by atoms with van der Waals surface area (Å²) >= 11 is 3.10. The van der Waals surface area contributed by atoms with E-state index in [9.17, 15) is 9.90 Å². The molecule has 2 heterocycles. The fourth-order valence-corrected chi connectivity index (χ4v) is 4.64. The van der Waals surface area contributed by atoms with Gasteiger partial charge in [0.1, 0.15) is 9.88 Å². The molecule has 0 radical (unpaired) electrons. The number of thiophene rings is 1. The van der Waals surface area contributed by atoms with Gasteiger partial charge in [-0.15, -0.1) is 22.7 Å². The first-order valence-corrected chi connectivity index (χ1v) is 9.26. The standard InChI is InChI=1S/C16H20N2O2S2/c1-18(12-6-4-11(10-19)5-7-12)16(20)14-9-17-15(22-14)13-3-2-8-21-13/h2-3,8-9,11-12,19H,4-7,10H2,1H3. The van der Waals surface area contributed by atoms with Crippen molar-refractivity contribution in [1.29, 1.82) is 0 Å². The molecule has 1 aliphatic carbocycles. The lowest BCUT2D eigenvalue weighted by Crippen LogP contribution is -2.39. The first-order chi connectivity index (χ1) is 10.7. The molecule has 4 nitrogen and oxygen atoms in total. The minimum atomic E-state index is 0.0627. The number of hydrogen-bond donors (Lipinski definition) is 1. The number of aromatic nitrogens is 1. The fraction of sp³-hybridized carbons (Fsp3) is 0.500. The van der Waals surface area contributed by atoms with E-state index in [1.165, 1.54) is 11.3 Å². The zero-order chi connectivity index (χ0) is 15.5. The summed E-state index contributed by atoms with van der Waals surface area (Å²) in [6.45, 7) is 0.267.